The highest BCUT2D eigenvalue weighted by Gasteiger charge is 2.07. The van der Waals surface area contributed by atoms with E-state index in [4.69, 9.17) is 0 Å². The normalized spacial score (nSPS) is 12.6. The fourth-order valence-corrected chi connectivity index (χ4v) is 2.37. The minimum atomic E-state index is -0.00414. The Hall–Kier alpha value is -2.54. The fourth-order valence-electron chi connectivity index (χ4n) is 2.37. The average molecular weight is 298 g/mol. The molecule has 0 fully saturated rings. The minimum Gasteiger partial charge on any atom is -0.311 e. The van der Waals surface area contributed by atoms with Crippen LogP contribution in [0.3, 0.4) is 0 Å². The van der Waals surface area contributed by atoms with Crippen molar-refractivity contribution < 1.29 is 0 Å². The molecule has 1 aromatic carbocycles. The molecule has 0 aliphatic heterocycles. The van der Waals surface area contributed by atoms with Gasteiger partial charge in [-0.05, 0) is 19.1 Å². The molecule has 0 bridgehead atoms. The van der Waals surface area contributed by atoms with E-state index in [0.717, 1.165) is 18.6 Å². The van der Waals surface area contributed by atoms with Gasteiger partial charge < -0.3 is 5.32 Å². The van der Waals surface area contributed by atoms with Crippen LogP contribution in [0.2, 0.25) is 0 Å². The maximum atomic E-state index is 12.4. The summed E-state index contributed by atoms with van der Waals surface area (Å²) in [6, 6.07) is 7.55. The van der Waals surface area contributed by atoms with Gasteiger partial charge in [0.1, 0.15) is 12.7 Å². The molecule has 1 atom stereocenters. The van der Waals surface area contributed by atoms with E-state index in [1.54, 1.807) is 21.9 Å². The molecular weight excluding hydrogens is 280 g/mol. The minimum absolute atomic E-state index is 0.00414. The molecule has 3 rings (SSSR count). The summed E-state index contributed by atoms with van der Waals surface area (Å²) in [6.07, 6.45) is 4.81. The first-order chi connectivity index (χ1) is 10.7. The summed E-state index contributed by atoms with van der Waals surface area (Å²) in [4.78, 5) is 20.6. The molecule has 0 amide bonds. The lowest BCUT2D eigenvalue weighted by molar-refractivity contribution is 0.444. The van der Waals surface area contributed by atoms with Gasteiger partial charge in [-0.25, -0.2) is 9.97 Å². The van der Waals surface area contributed by atoms with Crippen molar-refractivity contribution in [3.63, 3.8) is 0 Å². The topological polar surface area (TPSA) is 77.6 Å². The van der Waals surface area contributed by atoms with Gasteiger partial charge in [-0.3, -0.25) is 14.0 Å². The van der Waals surface area contributed by atoms with Crippen LogP contribution in [-0.2, 0) is 13.1 Å². The van der Waals surface area contributed by atoms with Gasteiger partial charge in [0.05, 0.1) is 23.8 Å². The summed E-state index contributed by atoms with van der Waals surface area (Å²) in [5, 5.41) is 8.07. The highest BCUT2D eigenvalue weighted by molar-refractivity contribution is 5.76. The van der Waals surface area contributed by atoms with Crippen molar-refractivity contribution in [3.8, 4) is 0 Å². The summed E-state index contributed by atoms with van der Waals surface area (Å²) >= 11 is 0. The number of fused-ring (bicyclic) bond motifs is 1. The second-order valence-electron chi connectivity index (χ2n) is 5.23. The van der Waals surface area contributed by atoms with Crippen LogP contribution in [0.15, 0.2) is 48.0 Å². The molecule has 0 saturated heterocycles. The molecule has 0 spiro atoms. The van der Waals surface area contributed by atoms with Crippen LogP contribution in [0.5, 0.6) is 0 Å². The predicted molar refractivity (Wildman–Crippen MR) is 83.5 cm³/mol. The van der Waals surface area contributed by atoms with E-state index in [2.05, 4.69) is 20.4 Å². The first-order valence-electron chi connectivity index (χ1n) is 7.24. The zero-order valence-corrected chi connectivity index (χ0v) is 12.4. The summed E-state index contributed by atoms with van der Waals surface area (Å²) in [5.74, 6) is 0. The Morgan fingerprint density at radius 3 is 2.95 bits per heavy atom. The number of hydrogen-bond acceptors (Lipinski definition) is 5. The average Bonchev–Trinajstić information content (AvgIpc) is 3.04. The Balaban J connectivity index is 1.62. The second-order valence-corrected chi connectivity index (χ2v) is 5.23. The van der Waals surface area contributed by atoms with E-state index in [0.29, 0.717) is 11.9 Å². The molecule has 2 aromatic heterocycles. The summed E-state index contributed by atoms with van der Waals surface area (Å²) < 4.78 is 3.42. The first-order valence-corrected chi connectivity index (χ1v) is 7.24. The van der Waals surface area contributed by atoms with Crippen LogP contribution in [0.4, 0.5) is 0 Å². The lowest BCUT2D eigenvalue weighted by atomic mass is 10.2. The van der Waals surface area contributed by atoms with Crippen LogP contribution in [0, 0.1) is 0 Å². The summed E-state index contributed by atoms with van der Waals surface area (Å²) in [7, 11) is 0. The third-order valence-corrected chi connectivity index (χ3v) is 3.50. The number of benzene rings is 1. The van der Waals surface area contributed by atoms with Crippen LogP contribution >= 0.6 is 0 Å². The van der Waals surface area contributed by atoms with Gasteiger partial charge in [0, 0.05) is 19.1 Å². The van der Waals surface area contributed by atoms with Crippen molar-refractivity contribution in [3.05, 3.63) is 53.6 Å². The molecule has 7 heteroatoms. The van der Waals surface area contributed by atoms with Crippen molar-refractivity contribution in [2.45, 2.75) is 26.1 Å². The lowest BCUT2D eigenvalue weighted by Gasteiger charge is -2.15. The highest BCUT2D eigenvalue weighted by Crippen LogP contribution is 2.04. The fraction of sp³-hybridized carbons (Fsp3) is 0.333. The van der Waals surface area contributed by atoms with Gasteiger partial charge in [-0.1, -0.05) is 12.1 Å². The SMILES string of the molecule is CC(Cn1cnc2ccccc2c1=O)NCCn1cncn1. The Morgan fingerprint density at radius 2 is 2.14 bits per heavy atom. The van der Waals surface area contributed by atoms with Gasteiger partial charge >= 0.3 is 0 Å². The largest absolute Gasteiger partial charge is 0.311 e. The van der Waals surface area contributed by atoms with E-state index >= 15 is 0 Å². The molecule has 2 heterocycles. The molecule has 0 aliphatic carbocycles. The summed E-state index contributed by atoms with van der Waals surface area (Å²) in [5.41, 5.74) is 0.728. The van der Waals surface area contributed by atoms with Crippen LogP contribution in [-0.4, -0.2) is 36.9 Å². The van der Waals surface area contributed by atoms with Crippen LogP contribution in [0.25, 0.3) is 10.9 Å². The van der Waals surface area contributed by atoms with Crippen molar-refractivity contribution in [2.24, 2.45) is 0 Å². The zero-order valence-electron chi connectivity index (χ0n) is 12.4. The molecule has 1 N–H and O–H groups in total. The van der Waals surface area contributed by atoms with Gasteiger partial charge in [-0.15, -0.1) is 0 Å². The molecule has 114 valence electrons. The van der Waals surface area contributed by atoms with E-state index in [1.807, 2.05) is 31.2 Å². The molecule has 0 saturated carbocycles. The van der Waals surface area contributed by atoms with Gasteiger partial charge in [-0.2, -0.15) is 5.10 Å². The zero-order chi connectivity index (χ0) is 15.4. The second kappa shape index (κ2) is 6.48. The molecule has 22 heavy (non-hydrogen) atoms. The van der Waals surface area contributed by atoms with Crippen molar-refractivity contribution >= 4 is 10.9 Å². The number of para-hydroxylation sites is 1. The molecule has 0 radical (unpaired) electrons. The first kappa shape index (κ1) is 14.4. The van der Waals surface area contributed by atoms with E-state index < -0.39 is 0 Å². The monoisotopic (exact) mass is 298 g/mol. The Bertz CT molecular complexity index is 795. The van der Waals surface area contributed by atoms with Gasteiger partial charge in [0.25, 0.3) is 5.56 Å². The molecular formula is C15H18N6O. The predicted octanol–water partition coefficient (Wildman–Crippen LogP) is 0.666. The van der Waals surface area contributed by atoms with E-state index in [1.165, 1.54) is 6.33 Å². The molecule has 7 nitrogen and oxygen atoms in total. The maximum absolute atomic E-state index is 12.4. The Labute approximate surface area is 127 Å². The molecule has 0 aliphatic rings. The molecule has 1 unspecified atom stereocenters. The van der Waals surface area contributed by atoms with E-state index in [9.17, 15) is 4.79 Å². The maximum Gasteiger partial charge on any atom is 0.261 e. The van der Waals surface area contributed by atoms with Gasteiger partial charge in [0.15, 0.2) is 0 Å². The number of rotatable bonds is 6. The van der Waals surface area contributed by atoms with Crippen LogP contribution < -0.4 is 10.9 Å². The number of hydrogen-bond donors (Lipinski definition) is 1. The summed E-state index contributed by atoms with van der Waals surface area (Å²) in [6.45, 7) is 4.13. The number of aromatic nitrogens is 5. The van der Waals surface area contributed by atoms with E-state index in [-0.39, 0.29) is 11.6 Å². The van der Waals surface area contributed by atoms with Crippen molar-refractivity contribution in [2.75, 3.05) is 6.54 Å². The number of nitrogens with one attached hydrogen (secondary N) is 1. The third kappa shape index (κ3) is 3.20. The number of nitrogens with zero attached hydrogens (tertiary/aromatic N) is 5. The quantitative estimate of drug-likeness (QED) is 0.723. The van der Waals surface area contributed by atoms with Crippen molar-refractivity contribution in [1.29, 1.82) is 0 Å². The molecule has 3 aromatic rings. The Kier molecular flexibility index (Phi) is 4.24. The smallest absolute Gasteiger partial charge is 0.261 e. The lowest BCUT2D eigenvalue weighted by Crippen LogP contribution is -2.36. The van der Waals surface area contributed by atoms with Crippen LogP contribution in [0.1, 0.15) is 6.92 Å². The Morgan fingerprint density at radius 1 is 1.27 bits per heavy atom. The standard InChI is InChI=1S/C15H18N6O/c1-12(17-6-7-21-10-16-9-19-21)8-20-11-18-14-5-3-2-4-13(14)15(20)22/h2-5,9-12,17H,6-8H2,1H3. The third-order valence-electron chi connectivity index (χ3n) is 3.50. The highest BCUT2D eigenvalue weighted by atomic mass is 16.1. The van der Waals surface area contributed by atoms with Crippen molar-refractivity contribution in [1.82, 2.24) is 29.6 Å². The van der Waals surface area contributed by atoms with Gasteiger partial charge in [0.2, 0.25) is 0 Å².